The highest BCUT2D eigenvalue weighted by molar-refractivity contribution is 5.43. The summed E-state index contributed by atoms with van der Waals surface area (Å²) < 4.78 is 11.4. The van der Waals surface area contributed by atoms with Gasteiger partial charge in [-0.3, -0.25) is 0 Å². The first-order valence-corrected chi connectivity index (χ1v) is 6.54. The van der Waals surface area contributed by atoms with Crippen LogP contribution in [0.5, 0.6) is 11.5 Å². The summed E-state index contributed by atoms with van der Waals surface area (Å²) >= 11 is 0. The Balaban J connectivity index is 2.13. The van der Waals surface area contributed by atoms with Crippen LogP contribution in [0, 0.1) is 0 Å². The molecule has 0 amide bonds. The van der Waals surface area contributed by atoms with E-state index in [9.17, 15) is 0 Å². The molecule has 1 aliphatic carbocycles. The van der Waals surface area contributed by atoms with E-state index in [-0.39, 0.29) is 0 Å². The van der Waals surface area contributed by atoms with Crippen molar-refractivity contribution in [3.05, 3.63) is 36.0 Å². The molecule has 0 radical (unpaired) electrons. The first kappa shape index (κ1) is 12.8. The smallest absolute Gasteiger partial charge is 0.161 e. The minimum Gasteiger partial charge on any atom is -0.493 e. The van der Waals surface area contributed by atoms with Crippen LogP contribution < -0.4 is 15.2 Å². The Labute approximate surface area is 109 Å². The summed E-state index contributed by atoms with van der Waals surface area (Å²) in [7, 11) is 1.68. The Morgan fingerprint density at radius 2 is 2.06 bits per heavy atom. The van der Waals surface area contributed by atoms with Gasteiger partial charge in [0.2, 0.25) is 0 Å². The summed E-state index contributed by atoms with van der Waals surface area (Å²) in [5, 5.41) is 0. The molecule has 1 aromatic rings. The Kier molecular flexibility index (Phi) is 4.51. The minimum absolute atomic E-state index is 0.346. The number of hydrogen-bond donors (Lipinski definition) is 1. The maximum Gasteiger partial charge on any atom is 0.161 e. The van der Waals surface area contributed by atoms with Crippen LogP contribution in [-0.2, 0) is 6.42 Å². The molecule has 3 heteroatoms. The Bertz CT molecular complexity index is 409. The lowest BCUT2D eigenvalue weighted by Crippen LogP contribution is -2.11. The van der Waals surface area contributed by atoms with Gasteiger partial charge in [0.05, 0.1) is 13.2 Å². The van der Waals surface area contributed by atoms with Gasteiger partial charge < -0.3 is 15.2 Å². The second-order valence-electron chi connectivity index (χ2n) is 4.64. The van der Waals surface area contributed by atoms with Crippen LogP contribution in [0.3, 0.4) is 0 Å². The van der Waals surface area contributed by atoms with Crippen LogP contribution in [0.2, 0.25) is 0 Å². The van der Waals surface area contributed by atoms with E-state index in [2.05, 4.69) is 6.07 Å². The SMILES string of the molecule is COc1ccc(C/C=C/N)cc1OC1CCCC1. The summed E-state index contributed by atoms with van der Waals surface area (Å²) in [6.45, 7) is 0. The van der Waals surface area contributed by atoms with Gasteiger partial charge >= 0.3 is 0 Å². The summed E-state index contributed by atoms with van der Waals surface area (Å²) in [6, 6.07) is 6.06. The van der Waals surface area contributed by atoms with Crippen LogP contribution in [0.1, 0.15) is 31.2 Å². The number of benzene rings is 1. The van der Waals surface area contributed by atoms with Crippen LogP contribution >= 0.6 is 0 Å². The zero-order valence-corrected chi connectivity index (χ0v) is 10.9. The monoisotopic (exact) mass is 247 g/mol. The van der Waals surface area contributed by atoms with E-state index in [1.54, 1.807) is 13.3 Å². The van der Waals surface area contributed by atoms with Crippen LogP contribution in [-0.4, -0.2) is 13.2 Å². The molecule has 0 atom stereocenters. The molecular formula is C15H21NO2. The normalized spacial score (nSPS) is 16.3. The zero-order valence-electron chi connectivity index (χ0n) is 10.9. The molecule has 1 aliphatic rings. The molecule has 0 spiro atoms. The van der Waals surface area contributed by atoms with Gasteiger partial charge in [-0.25, -0.2) is 0 Å². The second-order valence-corrected chi connectivity index (χ2v) is 4.64. The van der Waals surface area contributed by atoms with Crippen LogP contribution in [0.15, 0.2) is 30.5 Å². The summed E-state index contributed by atoms with van der Waals surface area (Å²) in [5.41, 5.74) is 6.55. The fraction of sp³-hybridized carbons (Fsp3) is 0.467. The van der Waals surface area contributed by atoms with Gasteiger partial charge in [-0.15, -0.1) is 0 Å². The topological polar surface area (TPSA) is 44.5 Å². The van der Waals surface area contributed by atoms with E-state index >= 15 is 0 Å². The minimum atomic E-state index is 0.346. The fourth-order valence-corrected chi connectivity index (χ4v) is 2.33. The van der Waals surface area contributed by atoms with E-state index in [4.69, 9.17) is 15.2 Å². The lowest BCUT2D eigenvalue weighted by Gasteiger charge is -2.16. The van der Waals surface area contributed by atoms with E-state index in [0.29, 0.717) is 6.10 Å². The first-order valence-electron chi connectivity index (χ1n) is 6.54. The number of allylic oxidation sites excluding steroid dienone is 1. The molecule has 0 heterocycles. The summed E-state index contributed by atoms with van der Waals surface area (Å²) in [4.78, 5) is 0. The Hall–Kier alpha value is -1.64. The van der Waals surface area contributed by atoms with Gasteiger partial charge in [0, 0.05) is 0 Å². The highest BCUT2D eigenvalue weighted by atomic mass is 16.5. The molecule has 2 N–H and O–H groups in total. The molecule has 2 rings (SSSR count). The third-order valence-electron chi connectivity index (χ3n) is 3.31. The van der Waals surface area contributed by atoms with Gasteiger partial charge in [-0.2, -0.15) is 0 Å². The average molecular weight is 247 g/mol. The van der Waals surface area contributed by atoms with Crippen molar-refractivity contribution in [2.24, 2.45) is 5.73 Å². The highest BCUT2D eigenvalue weighted by Gasteiger charge is 2.18. The Morgan fingerprint density at radius 3 is 2.72 bits per heavy atom. The lowest BCUT2D eigenvalue weighted by atomic mass is 10.1. The average Bonchev–Trinajstić information content (AvgIpc) is 2.89. The van der Waals surface area contributed by atoms with Crippen molar-refractivity contribution in [2.45, 2.75) is 38.2 Å². The highest BCUT2D eigenvalue weighted by Crippen LogP contribution is 2.32. The van der Waals surface area contributed by atoms with Crippen molar-refractivity contribution in [3.8, 4) is 11.5 Å². The standard InChI is InChI=1S/C15H21NO2/c1-17-14-9-8-12(5-4-10-16)11-15(14)18-13-6-2-3-7-13/h4,8-11,13H,2-3,5-7,16H2,1H3/b10-4+. The number of ether oxygens (including phenoxy) is 2. The van der Waals surface area contributed by atoms with Gasteiger partial charge in [0.15, 0.2) is 11.5 Å². The van der Waals surface area contributed by atoms with Crippen molar-refractivity contribution < 1.29 is 9.47 Å². The Morgan fingerprint density at radius 1 is 1.28 bits per heavy atom. The van der Waals surface area contributed by atoms with Crippen molar-refractivity contribution in [1.82, 2.24) is 0 Å². The molecule has 0 saturated heterocycles. The van der Waals surface area contributed by atoms with Crippen LogP contribution in [0.25, 0.3) is 0 Å². The molecule has 0 unspecified atom stereocenters. The zero-order chi connectivity index (χ0) is 12.8. The largest absolute Gasteiger partial charge is 0.493 e. The summed E-state index contributed by atoms with van der Waals surface area (Å²) in [6.07, 6.45) is 9.50. The van der Waals surface area contributed by atoms with Gasteiger partial charge in [-0.1, -0.05) is 12.1 Å². The number of rotatable bonds is 5. The number of hydrogen-bond acceptors (Lipinski definition) is 3. The predicted octanol–water partition coefficient (Wildman–Crippen LogP) is 3.03. The second kappa shape index (κ2) is 6.34. The quantitative estimate of drug-likeness (QED) is 0.869. The van der Waals surface area contributed by atoms with E-state index in [1.165, 1.54) is 18.4 Å². The van der Waals surface area contributed by atoms with Crippen LogP contribution in [0.4, 0.5) is 0 Å². The lowest BCUT2D eigenvalue weighted by molar-refractivity contribution is 0.200. The third kappa shape index (κ3) is 3.19. The van der Waals surface area contributed by atoms with E-state index < -0.39 is 0 Å². The van der Waals surface area contributed by atoms with Gasteiger partial charge in [-0.05, 0) is 56.0 Å². The molecular weight excluding hydrogens is 226 g/mol. The van der Waals surface area contributed by atoms with Crippen molar-refractivity contribution in [3.63, 3.8) is 0 Å². The van der Waals surface area contributed by atoms with E-state index in [0.717, 1.165) is 30.8 Å². The number of methoxy groups -OCH3 is 1. The predicted molar refractivity (Wildman–Crippen MR) is 72.9 cm³/mol. The molecule has 0 bridgehead atoms. The van der Waals surface area contributed by atoms with Gasteiger partial charge in [0.1, 0.15) is 0 Å². The van der Waals surface area contributed by atoms with Crippen molar-refractivity contribution in [1.29, 1.82) is 0 Å². The van der Waals surface area contributed by atoms with Crippen molar-refractivity contribution in [2.75, 3.05) is 7.11 Å². The molecule has 98 valence electrons. The molecule has 1 aromatic carbocycles. The van der Waals surface area contributed by atoms with Crippen molar-refractivity contribution >= 4 is 0 Å². The van der Waals surface area contributed by atoms with E-state index in [1.807, 2.05) is 18.2 Å². The first-order chi connectivity index (χ1) is 8.83. The molecule has 0 aromatic heterocycles. The molecule has 18 heavy (non-hydrogen) atoms. The number of nitrogens with two attached hydrogens (primary N) is 1. The molecule has 1 fully saturated rings. The summed E-state index contributed by atoms with van der Waals surface area (Å²) in [5.74, 6) is 1.66. The molecule has 0 aliphatic heterocycles. The van der Waals surface area contributed by atoms with Gasteiger partial charge in [0.25, 0.3) is 0 Å². The fourth-order valence-electron chi connectivity index (χ4n) is 2.33. The maximum atomic E-state index is 6.04. The third-order valence-corrected chi connectivity index (χ3v) is 3.31. The maximum absolute atomic E-state index is 6.04. The molecule has 1 saturated carbocycles. The molecule has 3 nitrogen and oxygen atoms in total.